The first kappa shape index (κ1) is 12.7. The summed E-state index contributed by atoms with van der Waals surface area (Å²) in [7, 11) is 0. The molecule has 1 aliphatic rings. The third-order valence-corrected chi connectivity index (χ3v) is 4.95. The molecule has 0 radical (unpaired) electrons. The zero-order valence-electron chi connectivity index (χ0n) is 11.9. The molecule has 106 valence electrons. The van der Waals surface area contributed by atoms with Gasteiger partial charge in [0.25, 0.3) is 0 Å². The first-order valence-electron chi connectivity index (χ1n) is 7.21. The van der Waals surface area contributed by atoms with Crippen LogP contribution in [-0.4, -0.2) is 11.5 Å². The first-order valence-corrected chi connectivity index (χ1v) is 8.09. The Kier molecular flexibility index (Phi) is 2.86. The van der Waals surface area contributed by atoms with Crippen LogP contribution in [0.3, 0.4) is 0 Å². The highest BCUT2D eigenvalue weighted by Crippen LogP contribution is 2.40. The van der Waals surface area contributed by atoms with Crippen LogP contribution in [0.1, 0.15) is 12.5 Å². The lowest BCUT2D eigenvalue weighted by Gasteiger charge is -2.35. The van der Waals surface area contributed by atoms with Gasteiger partial charge in [0.05, 0.1) is 21.6 Å². The van der Waals surface area contributed by atoms with Crippen LogP contribution in [0.15, 0.2) is 41.9 Å². The Hall–Kier alpha value is -2.07. The summed E-state index contributed by atoms with van der Waals surface area (Å²) in [4.78, 5) is 6.76. The van der Waals surface area contributed by atoms with E-state index in [-0.39, 0.29) is 0 Å². The summed E-state index contributed by atoms with van der Waals surface area (Å²) in [5.74, 6) is 0.616. The molecule has 2 aromatic carbocycles. The number of fused-ring (bicyclic) bond motifs is 2. The van der Waals surface area contributed by atoms with E-state index in [1.54, 1.807) is 11.3 Å². The van der Waals surface area contributed by atoms with Crippen molar-refractivity contribution in [1.82, 2.24) is 4.98 Å². The van der Waals surface area contributed by atoms with E-state index in [1.807, 2.05) is 5.51 Å². The standard InChI is InChI=1S/C17H17N3S/c1-11-8-12-4-2-3-5-13(12)20(9-11)14-6-7-15-17(16(14)18)19-10-21-15/h2-7,10-11H,8-9,18H2,1H3. The quantitative estimate of drug-likeness (QED) is 0.684. The molecular formula is C17H17N3S. The summed E-state index contributed by atoms with van der Waals surface area (Å²) >= 11 is 1.63. The van der Waals surface area contributed by atoms with Gasteiger partial charge in [-0.05, 0) is 36.1 Å². The number of rotatable bonds is 1. The molecule has 1 aliphatic heterocycles. The number of nitrogens with two attached hydrogens (primary N) is 1. The van der Waals surface area contributed by atoms with Crippen LogP contribution in [0.25, 0.3) is 10.2 Å². The fourth-order valence-electron chi connectivity index (χ4n) is 3.20. The minimum atomic E-state index is 0.616. The van der Waals surface area contributed by atoms with E-state index in [4.69, 9.17) is 5.73 Å². The van der Waals surface area contributed by atoms with Crippen LogP contribution >= 0.6 is 11.3 Å². The van der Waals surface area contributed by atoms with Crippen molar-refractivity contribution in [2.24, 2.45) is 5.92 Å². The van der Waals surface area contributed by atoms with Crippen molar-refractivity contribution >= 4 is 38.6 Å². The topological polar surface area (TPSA) is 42.2 Å². The van der Waals surface area contributed by atoms with Gasteiger partial charge in [0.15, 0.2) is 0 Å². The Bertz CT molecular complexity index is 809. The molecule has 0 fully saturated rings. The van der Waals surface area contributed by atoms with Crippen molar-refractivity contribution in [3.8, 4) is 0 Å². The van der Waals surface area contributed by atoms with E-state index in [0.29, 0.717) is 5.92 Å². The smallest absolute Gasteiger partial charge is 0.106 e. The van der Waals surface area contributed by atoms with E-state index in [1.165, 1.54) is 11.3 Å². The third-order valence-electron chi connectivity index (χ3n) is 4.15. The average molecular weight is 295 g/mol. The molecule has 0 spiro atoms. The minimum Gasteiger partial charge on any atom is -0.395 e. The molecule has 0 bridgehead atoms. The summed E-state index contributed by atoms with van der Waals surface area (Å²) in [5.41, 5.74) is 13.7. The van der Waals surface area contributed by atoms with Gasteiger partial charge in [0.1, 0.15) is 5.52 Å². The number of hydrogen-bond acceptors (Lipinski definition) is 4. The van der Waals surface area contributed by atoms with Gasteiger partial charge < -0.3 is 10.6 Å². The van der Waals surface area contributed by atoms with Crippen LogP contribution in [0, 0.1) is 5.92 Å². The Morgan fingerprint density at radius 2 is 2.05 bits per heavy atom. The Morgan fingerprint density at radius 3 is 2.95 bits per heavy atom. The summed E-state index contributed by atoms with van der Waals surface area (Å²) in [6.07, 6.45) is 1.13. The molecule has 0 amide bonds. The predicted molar refractivity (Wildman–Crippen MR) is 90.3 cm³/mol. The van der Waals surface area contributed by atoms with E-state index >= 15 is 0 Å². The fourth-order valence-corrected chi connectivity index (χ4v) is 3.89. The van der Waals surface area contributed by atoms with Gasteiger partial charge in [0, 0.05) is 12.2 Å². The summed E-state index contributed by atoms with van der Waals surface area (Å²) in [6, 6.07) is 12.9. The molecule has 2 N–H and O–H groups in total. The second-order valence-corrected chi connectivity index (χ2v) is 6.63. The molecule has 4 rings (SSSR count). The van der Waals surface area contributed by atoms with E-state index in [9.17, 15) is 0 Å². The fraction of sp³-hybridized carbons (Fsp3) is 0.235. The minimum absolute atomic E-state index is 0.616. The highest BCUT2D eigenvalue weighted by atomic mass is 32.1. The maximum Gasteiger partial charge on any atom is 0.106 e. The van der Waals surface area contributed by atoms with Gasteiger partial charge in [-0.15, -0.1) is 11.3 Å². The lowest BCUT2D eigenvalue weighted by molar-refractivity contribution is 0.563. The van der Waals surface area contributed by atoms with Gasteiger partial charge >= 0.3 is 0 Å². The normalized spacial score (nSPS) is 18.0. The second-order valence-electron chi connectivity index (χ2n) is 5.75. The SMILES string of the molecule is CC1Cc2ccccc2N(c2ccc3scnc3c2N)C1. The van der Waals surface area contributed by atoms with Crippen molar-refractivity contribution in [2.45, 2.75) is 13.3 Å². The average Bonchev–Trinajstić information content (AvgIpc) is 2.96. The van der Waals surface area contributed by atoms with Gasteiger partial charge in [0.2, 0.25) is 0 Å². The third kappa shape index (κ3) is 1.98. The van der Waals surface area contributed by atoms with Crippen LogP contribution in [-0.2, 0) is 6.42 Å². The van der Waals surface area contributed by atoms with Gasteiger partial charge in [-0.3, -0.25) is 0 Å². The lowest BCUT2D eigenvalue weighted by Crippen LogP contribution is -2.30. The highest BCUT2D eigenvalue weighted by Gasteiger charge is 2.24. The number of nitrogens with zero attached hydrogens (tertiary/aromatic N) is 2. The van der Waals surface area contributed by atoms with Crippen molar-refractivity contribution in [1.29, 1.82) is 0 Å². The molecular weight excluding hydrogens is 278 g/mol. The number of nitrogen functional groups attached to an aromatic ring is 1. The zero-order chi connectivity index (χ0) is 14.4. The van der Waals surface area contributed by atoms with E-state index < -0.39 is 0 Å². The molecule has 1 aromatic heterocycles. The Balaban J connectivity index is 1.90. The van der Waals surface area contributed by atoms with Crippen molar-refractivity contribution in [3.63, 3.8) is 0 Å². The van der Waals surface area contributed by atoms with E-state index in [0.717, 1.165) is 34.6 Å². The molecule has 1 atom stereocenters. The van der Waals surface area contributed by atoms with Crippen molar-refractivity contribution in [2.75, 3.05) is 17.2 Å². The molecule has 0 aliphatic carbocycles. The van der Waals surface area contributed by atoms with Crippen LogP contribution in [0.4, 0.5) is 17.1 Å². The molecule has 0 saturated heterocycles. The molecule has 0 saturated carbocycles. The molecule has 4 heteroatoms. The van der Waals surface area contributed by atoms with Gasteiger partial charge in [-0.25, -0.2) is 4.98 Å². The summed E-state index contributed by atoms with van der Waals surface area (Å²) in [5, 5.41) is 0. The predicted octanol–water partition coefficient (Wildman–Crippen LogP) is 4.21. The first-order chi connectivity index (χ1) is 10.2. The van der Waals surface area contributed by atoms with Gasteiger partial charge in [-0.2, -0.15) is 0 Å². The summed E-state index contributed by atoms with van der Waals surface area (Å²) < 4.78 is 1.15. The van der Waals surface area contributed by atoms with Crippen molar-refractivity contribution < 1.29 is 0 Å². The molecule has 3 nitrogen and oxygen atoms in total. The highest BCUT2D eigenvalue weighted by molar-refractivity contribution is 7.16. The van der Waals surface area contributed by atoms with Crippen LogP contribution < -0.4 is 10.6 Å². The number of benzene rings is 2. The lowest BCUT2D eigenvalue weighted by atomic mass is 9.93. The number of anilines is 3. The number of thiazole rings is 1. The number of aromatic nitrogens is 1. The maximum absolute atomic E-state index is 6.40. The molecule has 3 aromatic rings. The Labute approximate surface area is 128 Å². The zero-order valence-corrected chi connectivity index (χ0v) is 12.7. The second kappa shape index (κ2) is 4.74. The van der Waals surface area contributed by atoms with Crippen molar-refractivity contribution in [3.05, 3.63) is 47.5 Å². The largest absolute Gasteiger partial charge is 0.395 e. The molecule has 21 heavy (non-hydrogen) atoms. The van der Waals surface area contributed by atoms with Crippen LogP contribution in [0.2, 0.25) is 0 Å². The monoisotopic (exact) mass is 295 g/mol. The maximum atomic E-state index is 6.40. The molecule has 1 unspecified atom stereocenters. The van der Waals surface area contributed by atoms with Crippen LogP contribution in [0.5, 0.6) is 0 Å². The van der Waals surface area contributed by atoms with Gasteiger partial charge in [-0.1, -0.05) is 25.1 Å². The number of para-hydroxylation sites is 1. The number of hydrogen-bond donors (Lipinski definition) is 1. The Morgan fingerprint density at radius 1 is 1.19 bits per heavy atom. The molecule has 2 heterocycles. The summed E-state index contributed by atoms with van der Waals surface area (Å²) in [6.45, 7) is 3.29. The van der Waals surface area contributed by atoms with E-state index in [2.05, 4.69) is 53.2 Å².